The van der Waals surface area contributed by atoms with E-state index in [1.807, 2.05) is 6.07 Å². The molecule has 2 fully saturated rings. The van der Waals surface area contributed by atoms with E-state index in [-0.39, 0.29) is 5.41 Å². The Bertz CT molecular complexity index is 947. The molecule has 1 saturated carbocycles. The van der Waals surface area contributed by atoms with Crippen LogP contribution in [0.3, 0.4) is 0 Å². The van der Waals surface area contributed by atoms with Crippen LogP contribution < -0.4 is 4.90 Å². The molecule has 0 unspecified atom stereocenters. The van der Waals surface area contributed by atoms with Gasteiger partial charge < -0.3 is 9.80 Å². The monoisotopic (exact) mass is 416 g/mol. The second kappa shape index (κ2) is 7.06. The van der Waals surface area contributed by atoms with Gasteiger partial charge in [0.15, 0.2) is 0 Å². The molecule has 2 heterocycles. The van der Waals surface area contributed by atoms with Crippen LogP contribution in [-0.2, 0) is 5.41 Å². The van der Waals surface area contributed by atoms with E-state index >= 15 is 0 Å². The van der Waals surface area contributed by atoms with Crippen LogP contribution in [0.15, 0.2) is 36.4 Å². The highest BCUT2D eigenvalue weighted by Crippen LogP contribution is 2.49. The van der Waals surface area contributed by atoms with Crippen LogP contribution in [0.25, 0.3) is 0 Å². The van der Waals surface area contributed by atoms with Crippen molar-refractivity contribution in [3.63, 3.8) is 0 Å². The van der Waals surface area contributed by atoms with Crippen LogP contribution in [0.4, 0.5) is 14.5 Å². The molecular weight excluding hydrogens is 394 g/mol. The first-order valence-electron chi connectivity index (χ1n) is 10.3. The Morgan fingerprint density at radius 2 is 1.76 bits per heavy atom. The molecule has 1 saturated heterocycles. The van der Waals surface area contributed by atoms with Gasteiger partial charge in [0.2, 0.25) is 0 Å². The second-order valence-corrected chi connectivity index (χ2v) is 8.99. The third-order valence-corrected chi connectivity index (χ3v) is 7.28. The maximum Gasteiger partial charge on any atom is 0.264 e. The first-order chi connectivity index (χ1) is 14.0. The zero-order valence-electron chi connectivity index (χ0n) is 16.1. The van der Waals surface area contributed by atoms with Crippen molar-refractivity contribution < 1.29 is 13.6 Å². The summed E-state index contributed by atoms with van der Waals surface area (Å²) in [6.07, 6.45) is 5.68. The highest BCUT2D eigenvalue weighted by molar-refractivity contribution is 6.30. The van der Waals surface area contributed by atoms with Gasteiger partial charge in [-0.2, -0.15) is 0 Å². The van der Waals surface area contributed by atoms with Crippen LogP contribution in [0.5, 0.6) is 0 Å². The zero-order valence-corrected chi connectivity index (χ0v) is 16.9. The van der Waals surface area contributed by atoms with Gasteiger partial charge in [-0.3, -0.25) is 4.79 Å². The van der Waals surface area contributed by atoms with E-state index < -0.39 is 23.1 Å². The van der Waals surface area contributed by atoms with Gasteiger partial charge in [-0.1, -0.05) is 24.1 Å². The largest absolute Gasteiger partial charge is 0.307 e. The van der Waals surface area contributed by atoms with Crippen molar-refractivity contribution in [1.29, 1.82) is 0 Å². The number of amides is 1. The number of hydrogen-bond acceptors (Lipinski definition) is 2. The van der Waals surface area contributed by atoms with E-state index in [4.69, 9.17) is 11.6 Å². The van der Waals surface area contributed by atoms with E-state index in [0.717, 1.165) is 49.3 Å². The zero-order chi connectivity index (χ0) is 20.2. The molecule has 0 radical (unpaired) electrons. The molecule has 6 heteroatoms. The van der Waals surface area contributed by atoms with Gasteiger partial charge in [0.05, 0.1) is 0 Å². The van der Waals surface area contributed by atoms with Crippen LogP contribution in [-0.4, -0.2) is 36.5 Å². The number of anilines is 1. The maximum atomic E-state index is 14.3. The number of halogens is 3. The molecule has 2 aromatic rings. The Morgan fingerprint density at radius 1 is 1.07 bits per heavy atom. The fourth-order valence-electron chi connectivity index (χ4n) is 5.16. The van der Waals surface area contributed by atoms with E-state index in [0.29, 0.717) is 17.6 Å². The first-order valence-corrected chi connectivity index (χ1v) is 10.7. The topological polar surface area (TPSA) is 23.6 Å². The van der Waals surface area contributed by atoms with Gasteiger partial charge >= 0.3 is 0 Å². The van der Waals surface area contributed by atoms with Crippen molar-refractivity contribution in [3.8, 4) is 0 Å². The van der Waals surface area contributed by atoms with E-state index in [9.17, 15) is 13.6 Å². The molecule has 1 spiro atoms. The Kier molecular flexibility index (Phi) is 4.63. The summed E-state index contributed by atoms with van der Waals surface area (Å²) in [5.74, 6) is -2.28. The van der Waals surface area contributed by atoms with E-state index in [1.165, 1.54) is 25.3 Å². The number of rotatable bonds is 2. The maximum absolute atomic E-state index is 14.3. The molecule has 0 aromatic heterocycles. The molecule has 2 aliphatic heterocycles. The fourth-order valence-corrected chi connectivity index (χ4v) is 5.33. The Morgan fingerprint density at radius 3 is 2.38 bits per heavy atom. The van der Waals surface area contributed by atoms with Crippen molar-refractivity contribution in [3.05, 3.63) is 64.2 Å². The van der Waals surface area contributed by atoms with Crippen molar-refractivity contribution in [1.82, 2.24) is 4.90 Å². The summed E-state index contributed by atoms with van der Waals surface area (Å²) in [5.41, 5.74) is 1.05. The number of likely N-dealkylation sites (tertiary alicyclic amines) is 1. The lowest BCUT2D eigenvalue weighted by molar-refractivity contribution is 0.0750. The molecule has 5 rings (SSSR count). The summed E-state index contributed by atoms with van der Waals surface area (Å²) >= 11 is 6.30. The smallest absolute Gasteiger partial charge is 0.264 e. The van der Waals surface area contributed by atoms with Crippen LogP contribution in [0.1, 0.15) is 48.0 Å². The molecule has 2 aromatic carbocycles. The number of carbonyl (C=O) groups is 1. The van der Waals surface area contributed by atoms with Crippen molar-refractivity contribution >= 4 is 23.2 Å². The third kappa shape index (κ3) is 3.06. The second-order valence-electron chi connectivity index (χ2n) is 8.55. The first kappa shape index (κ1) is 19.0. The van der Waals surface area contributed by atoms with Gasteiger partial charge in [-0.05, 0) is 74.7 Å². The Balaban J connectivity index is 1.49. The van der Waals surface area contributed by atoms with E-state index in [1.54, 1.807) is 17.0 Å². The molecule has 29 heavy (non-hydrogen) atoms. The molecule has 0 bridgehead atoms. The number of benzene rings is 2. The predicted octanol–water partition coefficient (Wildman–Crippen LogP) is 5.16. The summed E-state index contributed by atoms with van der Waals surface area (Å²) in [5, 5.41) is 0.621. The summed E-state index contributed by atoms with van der Waals surface area (Å²) in [7, 11) is 0. The van der Waals surface area contributed by atoms with Crippen molar-refractivity contribution in [2.75, 3.05) is 24.5 Å². The number of nitrogens with zero attached hydrogens (tertiary/aromatic N) is 2. The summed E-state index contributed by atoms with van der Waals surface area (Å²) < 4.78 is 28.6. The average Bonchev–Trinajstić information content (AvgIpc) is 2.96. The molecule has 1 amide bonds. The summed E-state index contributed by atoms with van der Waals surface area (Å²) in [4.78, 5) is 17.3. The highest BCUT2D eigenvalue weighted by Gasteiger charge is 2.48. The third-order valence-electron chi connectivity index (χ3n) is 7.05. The molecule has 152 valence electrons. The fraction of sp³-hybridized carbons (Fsp3) is 0.435. The molecule has 0 N–H and O–H groups in total. The molecule has 0 atom stereocenters. The van der Waals surface area contributed by atoms with Crippen molar-refractivity contribution in [2.24, 2.45) is 0 Å². The number of carbonyl (C=O) groups excluding carboxylic acids is 1. The molecular formula is C23H23ClF2N2O. The molecule has 3 nitrogen and oxygen atoms in total. The SMILES string of the molecule is O=C(c1c(F)cccc1F)N1CC2(CCN(C3CCC3)CC2)c2cc(Cl)ccc21. The van der Waals surface area contributed by atoms with E-state index in [2.05, 4.69) is 4.90 Å². The number of fused-ring (bicyclic) bond motifs is 2. The number of hydrogen-bond donors (Lipinski definition) is 0. The molecule has 1 aliphatic carbocycles. The lowest BCUT2D eigenvalue weighted by atomic mass is 9.73. The average molecular weight is 417 g/mol. The van der Waals surface area contributed by atoms with Gasteiger partial charge in [0.25, 0.3) is 5.91 Å². The molecule has 3 aliphatic rings. The minimum absolute atomic E-state index is 0.210. The summed E-state index contributed by atoms with van der Waals surface area (Å²) in [6.45, 7) is 2.40. The number of piperidine rings is 1. The minimum atomic E-state index is -0.828. The Hall–Kier alpha value is -1.98. The van der Waals surface area contributed by atoms with Gasteiger partial charge in [-0.25, -0.2) is 8.78 Å². The normalized spacial score (nSPS) is 21.3. The quantitative estimate of drug-likeness (QED) is 0.674. The van der Waals surface area contributed by atoms with Crippen LogP contribution >= 0.6 is 11.6 Å². The highest BCUT2D eigenvalue weighted by atomic mass is 35.5. The van der Waals surface area contributed by atoms with Gasteiger partial charge in [0, 0.05) is 28.7 Å². The standard InChI is InChI=1S/C23H23ClF2N2O/c24-15-7-8-20-17(13-15)23(9-11-27(12-10-23)16-3-1-4-16)14-28(20)22(29)21-18(25)5-2-6-19(21)26/h2,5-8,13,16H,1,3-4,9-12,14H2. The minimum Gasteiger partial charge on any atom is -0.307 e. The summed E-state index contributed by atoms with van der Waals surface area (Å²) in [6, 6.07) is 9.70. The van der Waals surface area contributed by atoms with Crippen LogP contribution in [0.2, 0.25) is 5.02 Å². The Labute approximate surface area is 174 Å². The van der Waals surface area contributed by atoms with Gasteiger partial charge in [-0.15, -0.1) is 0 Å². The lowest BCUT2D eigenvalue weighted by Gasteiger charge is -2.45. The lowest BCUT2D eigenvalue weighted by Crippen LogP contribution is -2.50. The van der Waals surface area contributed by atoms with Gasteiger partial charge in [0.1, 0.15) is 17.2 Å². The predicted molar refractivity (Wildman–Crippen MR) is 110 cm³/mol. The van der Waals surface area contributed by atoms with Crippen LogP contribution in [0, 0.1) is 11.6 Å². The van der Waals surface area contributed by atoms with Crippen molar-refractivity contribution in [2.45, 2.75) is 43.6 Å².